The molecule has 0 bridgehead atoms. The number of thiazole rings is 1. The summed E-state index contributed by atoms with van der Waals surface area (Å²) in [5.41, 5.74) is 2.00. The quantitative estimate of drug-likeness (QED) is 0.711. The lowest BCUT2D eigenvalue weighted by Crippen LogP contribution is -2.30. The standard InChI is InChI=1S/C7H10N2O2S/c1-5(10)2-8-7(11)6-3-12-4-9-6/h3-5,10H,2H2,1H3,(H,8,11)/t5-/m1/s1. The summed E-state index contributed by atoms with van der Waals surface area (Å²) in [7, 11) is 0. The molecule has 1 rings (SSSR count). The number of nitrogens with one attached hydrogen (secondary N) is 1. The van der Waals surface area contributed by atoms with Crippen LogP contribution in [-0.4, -0.2) is 28.6 Å². The van der Waals surface area contributed by atoms with Crippen molar-refractivity contribution in [2.75, 3.05) is 6.54 Å². The van der Waals surface area contributed by atoms with Crippen LogP contribution >= 0.6 is 11.3 Å². The van der Waals surface area contributed by atoms with Crippen molar-refractivity contribution in [1.29, 1.82) is 0 Å². The summed E-state index contributed by atoms with van der Waals surface area (Å²) in [6, 6.07) is 0. The van der Waals surface area contributed by atoms with Gasteiger partial charge in [-0.05, 0) is 6.92 Å². The minimum atomic E-state index is -0.521. The van der Waals surface area contributed by atoms with E-state index in [1.165, 1.54) is 11.3 Å². The van der Waals surface area contributed by atoms with E-state index in [1.807, 2.05) is 0 Å². The third kappa shape index (κ3) is 2.60. The number of aliphatic hydroxyl groups excluding tert-OH is 1. The largest absolute Gasteiger partial charge is 0.392 e. The number of carbonyl (C=O) groups is 1. The highest BCUT2D eigenvalue weighted by Gasteiger charge is 2.06. The summed E-state index contributed by atoms with van der Waals surface area (Å²) < 4.78 is 0. The molecular weight excluding hydrogens is 176 g/mol. The van der Waals surface area contributed by atoms with E-state index in [-0.39, 0.29) is 12.5 Å². The van der Waals surface area contributed by atoms with Crippen LogP contribution in [0.25, 0.3) is 0 Å². The molecule has 66 valence electrons. The highest BCUT2D eigenvalue weighted by atomic mass is 32.1. The molecule has 0 radical (unpaired) electrons. The highest BCUT2D eigenvalue weighted by molar-refractivity contribution is 7.07. The minimum Gasteiger partial charge on any atom is -0.392 e. The van der Waals surface area contributed by atoms with Crippen LogP contribution in [0.5, 0.6) is 0 Å². The molecule has 1 aromatic rings. The lowest BCUT2D eigenvalue weighted by molar-refractivity contribution is 0.0920. The van der Waals surface area contributed by atoms with Gasteiger partial charge in [-0.3, -0.25) is 4.79 Å². The van der Waals surface area contributed by atoms with Crippen molar-refractivity contribution in [3.05, 3.63) is 16.6 Å². The van der Waals surface area contributed by atoms with E-state index in [9.17, 15) is 4.79 Å². The molecule has 0 unspecified atom stereocenters. The monoisotopic (exact) mass is 186 g/mol. The maximum atomic E-state index is 11.1. The van der Waals surface area contributed by atoms with Gasteiger partial charge in [0.2, 0.25) is 0 Å². The second-order valence-electron chi connectivity index (χ2n) is 2.43. The average Bonchev–Trinajstić information content (AvgIpc) is 2.51. The topological polar surface area (TPSA) is 62.2 Å². The fourth-order valence-electron chi connectivity index (χ4n) is 0.656. The van der Waals surface area contributed by atoms with E-state index in [0.717, 1.165) is 0 Å². The third-order valence-electron chi connectivity index (χ3n) is 1.22. The number of amides is 1. The first-order valence-electron chi connectivity index (χ1n) is 3.54. The highest BCUT2D eigenvalue weighted by Crippen LogP contribution is 1.99. The molecule has 12 heavy (non-hydrogen) atoms. The molecule has 0 aliphatic heterocycles. The number of hydrogen-bond donors (Lipinski definition) is 2. The molecule has 0 saturated carbocycles. The summed E-state index contributed by atoms with van der Waals surface area (Å²) in [4.78, 5) is 15.0. The summed E-state index contributed by atoms with van der Waals surface area (Å²) in [6.07, 6.45) is -0.521. The van der Waals surface area contributed by atoms with Crippen LogP contribution in [0.1, 0.15) is 17.4 Å². The number of carbonyl (C=O) groups excluding carboxylic acids is 1. The molecule has 4 nitrogen and oxygen atoms in total. The second-order valence-corrected chi connectivity index (χ2v) is 3.15. The molecule has 0 aromatic carbocycles. The molecule has 1 heterocycles. The molecular formula is C7H10N2O2S. The van der Waals surface area contributed by atoms with Crippen LogP contribution in [0, 0.1) is 0 Å². The number of aliphatic hydroxyl groups is 1. The Morgan fingerprint density at radius 2 is 2.67 bits per heavy atom. The van der Waals surface area contributed by atoms with Crippen LogP contribution in [0.4, 0.5) is 0 Å². The van der Waals surface area contributed by atoms with Gasteiger partial charge in [0.1, 0.15) is 5.69 Å². The molecule has 0 saturated heterocycles. The van der Waals surface area contributed by atoms with Crippen molar-refractivity contribution in [2.24, 2.45) is 0 Å². The molecule has 0 aliphatic rings. The van der Waals surface area contributed by atoms with Gasteiger partial charge < -0.3 is 10.4 Å². The third-order valence-corrected chi connectivity index (χ3v) is 1.81. The normalized spacial score (nSPS) is 12.5. The Hall–Kier alpha value is -0.940. The molecule has 1 aromatic heterocycles. The van der Waals surface area contributed by atoms with E-state index in [0.29, 0.717) is 5.69 Å². The van der Waals surface area contributed by atoms with Crippen molar-refractivity contribution in [1.82, 2.24) is 10.3 Å². The summed E-state index contributed by atoms with van der Waals surface area (Å²) in [6.45, 7) is 1.87. The van der Waals surface area contributed by atoms with Gasteiger partial charge in [-0.25, -0.2) is 4.98 Å². The average molecular weight is 186 g/mol. The number of rotatable bonds is 3. The van der Waals surface area contributed by atoms with E-state index >= 15 is 0 Å². The fourth-order valence-corrected chi connectivity index (χ4v) is 1.19. The van der Waals surface area contributed by atoms with Gasteiger partial charge >= 0.3 is 0 Å². The van der Waals surface area contributed by atoms with Crippen molar-refractivity contribution in [3.8, 4) is 0 Å². The molecule has 0 fully saturated rings. The molecule has 2 N–H and O–H groups in total. The van der Waals surface area contributed by atoms with Gasteiger partial charge in [0, 0.05) is 11.9 Å². The Labute approximate surface area is 74.3 Å². The molecule has 0 aliphatic carbocycles. The Morgan fingerprint density at radius 3 is 3.17 bits per heavy atom. The first-order valence-corrected chi connectivity index (χ1v) is 4.49. The van der Waals surface area contributed by atoms with Crippen molar-refractivity contribution >= 4 is 17.2 Å². The fraction of sp³-hybridized carbons (Fsp3) is 0.429. The Kier molecular flexibility index (Phi) is 3.19. The summed E-state index contributed by atoms with van der Waals surface area (Å²) >= 11 is 1.37. The molecule has 5 heteroatoms. The van der Waals surface area contributed by atoms with Gasteiger partial charge in [0.05, 0.1) is 11.6 Å². The lowest BCUT2D eigenvalue weighted by Gasteiger charge is -2.04. The first-order chi connectivity index (χ1) is 5.70. The smallest absolute Gasteiger partial charge is 0.270 e. The van der Waals surface area contributed by atoms with Crippen molar-refractivity contribution < 1.29 is 9.90 Å². The van der Waals surface area contributed by atoms with Crippen LogP contribution < -0.4 is 5.32 Å². The second kappa shape index (κ2) is 4.18. The predicted molar refractivity (Wildman–Crippen MR) is 46.1 cm³/mol. The maximum Gasteiger partial charge on any atom is 0.270 e. The zero-order valence-electron chi connectivity index (χ0n) is 6.65. The predicted octanol–water partition coefficient (Wildman–Crippen LogP) is 0.254. The van der Waals surface area contributed by atoms with E-state index in [2.05, 4.69) is 10.3 Å². The van der Waals surface area contributed by atoms with Crippen LogP contribution in [0.2, 0.25) is 0 Å². The number of aromatic nitrogens is 1. The number of hydrogen-bond acceptors (Lipinski definition) is 4. The minimum absolute atomic E-state index is 0.239. The Bertz CT molecular complexity index is 246. The van der Waals surface area contributed by atoms with Gasteiger partial charge in [-0.15, -0.1) is 11.3 Å². The van der Waals surface area contributed by atoms with Crippen LogP contribution in [0.15, 0.2) is 10.9 Å². The Balaban J connectivity index is 2.40. The molecule has 1 amide bonds. The van der Waals surface area contributed by atoms with Gasteiger partial charge in [0.25, 0.3) is 5.91 Å². The van der Waals surface area contributed by atoms with Crippen LogP contribution in [0.3, 0.4) is 0 Å². The van der Waals surface area contributed by atoms with Gasteiger partial charge in [-0.2, -0.15) is 0 Å². The first kappa shape index (κ1) is 9.15. The summed E-state index contributed by atoms with van der Waals surface area (Å²) in [5, 5.41) is 13.1. The Morgan fingerprint density at radius 1 is 1.92 bits per heavy atom. The van der Waals surface area contributed by atoms with Crippen molar-refractivity contribution in [3.63, 3.8) is 0 Å². The lowest BCUT2D eigenvalue weighted by atomic mass is 10.4. The van der Waals surface area contributed by atoms with E-state index < -0.39 is 6.10 Å². The SMILES string of the molecule is C[C@@H](O)CNC(=O)c1cscn1. The maximum absolute atomic E-state index is 11.1. The number of nitrogens with zero attached hydrogens (tertiary/aromatic N) is 1. The molecule has 1 atom stereocenters. The molecule has 0 spiro atoms. The summed E-state index contributed by atoms with van der Waals surface area (Å²) in [5.74, 6) is -0.239. The van der Waals surface area contributed by atoms with E-state index in [1.54, 1.807) is 17.8 Å². The van der Waals surface area contributed by atoms with Gasteiger partial charge in [0.15, 0.2) is 0 Å². The van der Waals surface area contributed by atoms with E-state index in [4.69, 9.17) is 5.11 Å². The zero-order valence-corrected chi connectivity index (χ0v) is 7.47. The van der Waals surface area contributed by atoms with Gasteiger partial charge in [-0.1, -0.05) is 0 Å². The van der Waals surface area contributed by atoms with Crippen LogP contribution in [-0.2, 0) is 0 Å². The zero-order chi connectivity index (χ0) is 8.97. The van der Waals surface area contributed by atoms with Crippen molar-refractivity contribution in [2.45, 2.75) is 13.0 Å².